The molecule has 1 amide bonds. The number of hydrogen-bond acceptors (Lipinski definition) is 3. The van der Waals surface area contributed by atoms with Gasteiger partial charge in [-0.05, 0) is 38.9 Å². The van der Waals surface area contributed by atoms with E-state index >= 15 is 0 Å². The van der Waals surface area contributed by atoms with Crippen molar-refractivity contribution in [2.45, 2.75) is 51.2 Å². The molecule has 0 spiro atoms. The number of rotatable bonds is 5. The van der Waals surface area contributed by atoms with E-state index in [-0.39, 0.29) is 11.9 Å². The van der Waals surface area contributed by atoms with Crippen LogP contribution in [0.15, 0.2) is 30.6 Å². The summed E-state index contributed by atoms with van der Waals surface area (Å²) in [6.45, 7) is 2.66. The normalized spacial score (nSPS) is 17.2. The van der Waals surface area contributed by atoms with Crippen molar-refractivity contribution in [3.05, 3.63) is 36.3 Å². The fourth-order valence-electron chi connectivity index (χ4n) is 3.09. The van der Waals surface area contributed by atoms with Gasteiger partial charge in [0.15, 0.2) is 0 Å². The van der Waals surface area contributed by atoms with Gasteiger partial charge in [-0.2, -0.15) is 0 Å². The first kappa shape index (κ1) is 15.0. The Morgan fingerprint density at radius 1 is 1.45 bits per heavy atom. The highest BCUT2D eigenvalue weighted by molar-refractivity contribution is 5.81. The zero-order chi connectivity index (χ0) is 15.5. The van der Waals surface area contributed by atoms with Crippen molar-refractivity contribution < 1.29 is 4.79 Å². The van der Waals surface area contributed by atoms with Gasteiger partial charge in [0.1, 0.15) is 5.65 Å². The number of amides is 1. The summed E-state index contributed by atoms with van der Waals surface area (Å²) < 4.78 is 2.07. The summed E-state index contributed by atoms with van der Waals surface area (Å²) in [6, 6.07) is 6.19. The van der Waals surface area contributed by atoms with Crippen LogP contribution in [0, 0.1) is 0 Å². The second kappa shape index (κ2) is 6.48. The minimum absolute atomic E-state index is 0.128. The second-order valence-corrected chi connectivity index (χ2v) is 6.26. The number of pyridine rings is 1. The van der Waals surface area contributed by atoms with Crippen LogP contribution < -0.4 is 5.32 Å². The highest BCUT2D eigenvalue weighted by Crippen LogP contribution is 2.18. The van der Waals surface area contributed by atoms with E-state index in [2.05, 4.69) is 19.6 Å². The predicted molar refractivity (Wildman–Crippen MR) is 86.5 cm³/mol. The molecule has 0 saturated heterocycles. The molecule has 118 valence electrons. The maximum absolute atomic E-state index is 12.4. The number of hydrogen-bond donors (Lipinski definition) is 1. The minimum Gasteiger partial charge on any atom is -0.352 e. The molecule has 1 fully saturated rings. The lowest BCUT2D eigenvalue weighted by atomic mass is 10.2. The number of fused-ring (bicyclic) bond motifs is 1. The third-order valence-electron chi connectivity index (χ3n) is 4.65. The summed E-state index contributed by atoms with van der Waals surface area (Å²) in [5.41, 5.74) is 2.03. The SMILES string of the molecule is CC(C(=O)NC1CCCC1)N(C)Cc1cnc2ccccn12. The van der Waals surface area contributed by atoms with Crippen molar-refractivity contribution >= 4 is 11.6 Å². The summed E-state index contributed by atoms with van der Waals surface area (Å²) in [4.78, 5) is 18.8. The van der Waals surface area contributed by atoms with Gasteiger partial charge < -0.3 is 9.72 Å². The summed E-state index contributed by atoms with van der Waals surface area (Å²) in [5, 5.41) is 3.17. The molecule has 1 unspecified atom stereocenters. The molecule has 5 nitrogen and oxygen atoms in total. The first-order valence-electron chi connectivity index (χ1n) is 8.07. The van der Waals surface area contributed by atoms with Gasteiger partial charge in [0.25, 0.3) is 0 Å². The van der Waals surface area contributed by atoms with Gasteiger partial charge in [-0.15, -0.1) is 0 Å². The number of nitrogens with zero attached hydrogens (tertiary/aromatic N) is 3. The number of aromatic nitrogens is 2. The number of nitrogens with one attached hydrogen (secondary N) is 1. The molecule has 1 atom stereocenters. The molecule has 0 radical (unpaired) electrons. The molecule has 3 rings (SSSR count). The van der Waals surface area contributed by atoms with Gasteiger partial charge in [-0.3, -0.25) is 9.69 Å². The minimum atomic E-state index is -0.144. The standard InChI is InChI=1S/C17H24N4O/c1-13(17(22)19-14-7-3-4-8-14)20(2)12-15-11-18-16-9-5-6-10-21(15)16/h5-6,9-11,13-14H,3-4,7-8,12H2,1-2H3,(H,19,22). The smallest absolute Gasteiger partial charge is 0.237 e. The Bertz CT molecular complexity index is 645. The van der Waals surface area contributed by atoms with Crippen LogP contribution in [0.25, 0.3) is 5.65 Å². The van der Waals surface area contributed by atoms with Crippen LogP contribution in [0.5, 0.6) is 0 Å². The first-order valence-corrected chi connectivity index (χ1v) is 8.07. The van der Waals surface area contributed by atoms with Gasteiger partial charge in [0.05, 0.1) is 17.9 Å². The number of likely N-dealkylation sites (N-methyl/N-ethyl adjacent to an activating group) is 1. The zero-order valence-electron chi connectivity index (χ0n) is 13.3. The average Bonchev–Trinajstić information content (AvgIpc) is 3.17. The summed E-state index contributed by atoms with van der Waals surface area (Å²) >= 11 is 0. The van der Waals surface area contributed by atoms with Crippen LogP contribution in [0.4, 0.5) is 0 Å². The van der Waals surface area contributed by atoms with Crippen molar-refractivity contribution in [3.63, 3.8) is 0 Å². The van der Waals surface area contributed by atoms with Crippen LogP contribution in [-0.2, 0) is 11.3 Å². The van der Waals surface area contributed by atoms with Gasteiger partial charge in [-0.1, -0.05) is 18.9 Å². The summed E-state index contributed by atoms with van der Waals surface area (Å²) in [5.74, 6) is 0.128. The highest BCUT2D eigenvalue weighted by Gasteiger charge is 2.23. The Morgan fingerprint density at radius 3 is 3.00 bits per heavy atom. The van der Waals surface area contributed by atoms with Crippen LogP contribution >= 0.6 is 0 Å². The predicted octanol–water partition coefficient (Wildman–Crippen LogP) is 2.21. The molecule has 1 saturated carbocycles. The third kappa shape index (κ3) is 3.14. The average molecular weight is 300 g/mol. The molecule has 1 aliphatic carbocycles. The van der Waals surface area contributed by atoms with Gasteiger partial charge in [-0.25, -0.2) is 4.98 Å². The number of imidazole rings is 1. The molecule has 1 N–H and O–H groups in total. The van der Waals surface area contributed by atoms with Crippen molar-refractivity contribution in [3.8, 4) is 0 Å². The molecule has 5 heteroatoms. The van der Waals surface area contributed by atoms with Gasteiger partial charge in [0, 0.05) is 18.8 Å². The Kier molecular flexibility index (Phi) is 4.43. The Balaban J connectivity index is 1.62. The topological polar surface area (TPSA) is 49.6 Å². The van der Waals surface area contributed by atoms with E-state index in [0.717, 1.165) is 24.2 Å². The molecular formula is C17H24N4O. The van der Waals surface area contributed by atoms with E-state index in [1.807, 2.05) is 44.6 Å². The fraction of sp³-hybridized carbons (Fsp3) is 0.529. The third-order valence-corrected chi connectivity index (χ3v) is 4.65. The fourth-order valence-corrected chi connectivity index (χ4v) is 3.09. The van der Waals surface area contributed by atoms with Gasteiger partial charge >= 0.3 is 0 Å². The van der Waals surface area contributed by atoms with E-state index in [4.69, 9.17) is 0 Å². The molecule has 1 aliphatic rings. The van der Waals surface area contributed by atoms with Crippen molar-refractivity contribution in [2.75, 3.05) is 7.05 Å². The largest absolute Gasteiger partial charge is 0.352 e. The molecule has 2 aromatic rings. The van der Waals surface area contributed by atoms with E-state index in [0.29, 0.717) is 12.6 Å². The lowest BCUT2D eigenvalue weighted by molar-refractivity contribution is -0.126. The van der Waals surface area contributed by atoms with Crippen LogP contribution in [0.3, 0.4) is 0 Å². The maximum Gasteiger partial charge on any atom is 0.237 e. The molecule has 0 aromatic carbocycles. The van der Waals surface area contributed by atoms with Gasteiger partial charge in [0.2, 0.25) is 5.91 Å². The van der Waals surface area contributed by atoms with Crippen LogP contribution in [0.2, 0.25) is 0 Å². The van der Waals surface area contributed by atoms with Crippen LogP contribution in [0.1, 0.15) is 38.3 Å². The molecular weight excluding hydrogens is 276 g/mol. The van der Waals surface area contributed by atoms with Crippen molar-refractivity contribution in [1.82, 2.24) is 19.6 Å². The van der Waals surface area contributed by atoms with Crippen molar-refractivity contribution in [2.24, 2.45) is 0 Å². The molecule has 0 bridgehead atoms. The molecule has 0 aliphatic heterocycles. The van der Waals surface area contributed by atoms with E-state index in [1.165, 1.54) is 12.8 Å². The second-order valence-electron chi connectivity index (χ2n) is 6.26. The highest BCUT2D eigenvalue weighted by atomic mass is 16.2. The molecule has 2 aromatic heterocycles. The first-order chi connectivity index (χ1) is 10.6. The molecule has 2 heterocycles. The lowest BCUT2D eigenvalue weighted by Crippen LogP contribution is -2.46. The maximum atomic E-state index is 12.4. The number of carbonyl (C=O) groups excluding carboxylic acids is 1. The lowest BCUT2D eigenvalue weighted by Gasteiger charge is -2.25. The quantitative estimate of drug-likeness (QED) is 0.921. The van der Waals surface area contributed by atoms with E-state index in [1.54, 1.807) is 0 Å². The summed E-state index contributed by atoms with van der Waals surface area (Å²) in [6.07, 6.45) is 8.60. The summed E-state index contributed by atoms with van der Waals surface area (Å²) in [7, 11) is 1.99. The van der Waals surface area contributed by atoms with Crippen molar-refractivity contribution in [1.29, 1.82) is 0 Å². The Morgan fingerprint density at radius 2 is 2.23 bits per heavy atom. The van der Waals surface area contributed by atoms with E-state index in [9.17, 15) is 4.79 Å². The number of carbonyl (C=O) groups is 1. The molecule has 22 heavy (non-hydrogen) atoms. The Hall–Kier alpha value is -1.88. The monoisotopic (exact) mass is 300 g/mol. The Labute approximate surface area is 131 Å². The zero-order valence-corrected chi connectivity index (χ0v) is 13.3. The van der Waals surface area contributed by atoms with Crippen LogP contribution in [-0.4, -0.2) is 39.3 Å². The van der Waals surface area contributed by atoms with E-state index < -0.39 is 0 Å².